The molecule has 0 unspecified atom stereocenters. The number of carbonyl (C=O) groups is 2. The van der Waals surface area contributed by atoms with Gasteiger partial charge in [-0.2, -0.15) is 0 Å². The molecule has 6 heteroatoms. The van der Waals surface area contributed by atoms with Gasteiger partial charge in [-0.1, -0.05) is 37.3 Å². The molecule has 1 N–H and O–H groups in total. The second-order valence-corrected chi connectivity index (χ2v) is 6.88. The lowest BCUT2D eigenvalue weighted by Crippen LogP contribution is -2.58. The van der Waals surface area contributed by atoms with Crippen LogP contribution in [0, 0.1) is 0 Å². The van der Waals surface area contributed by atoms with Crippen LogP contribution in [0.15, 0.2) is 30.3 Å². The Morgan fingerprint density at radius 2 is 1.92 bits per heavy atom. The van der Waals surface area contributed by atoms with Crippen molar-refractivity contribution in [2.75, 3.05) is 26.2 Å². The molecule has 1 aromatic rings. The number of amides is 1. The number of carbonyl (C=O) groups excluding carboxylic acids is 1. The first-order valence-corrected chi connectivity index (χ1v) is 9.01. The molecule has 1 aromatic carbocycles. The summed E-state index contributed by atoms with van der Waals surface area (Å²) in [6.45, 7) is 4.90. The van der Waals surface area contributed by atoms with E-state index >= 15 is 0 Å². The van der Waals surface area contributed by atoms with Gasteiger partial charge in [-0.05, 0) is 18.5 Å². The van der Waals surface area contributed by atoms with E-state index in [0.717, 1.165) is 31.6 Å². The lowest BCUT2D eigenvalue weighted by molar-refractivity contribution is -0.165. The highest BCUT2D eigenvalue weighted by Gasteiger charge is 2.53. The van der Waals surface area contributed by atoms with E-state index in [9.17, 15) is 14.7 Å². The molecular weight excluding hydrogens is 320 g/mol. The molecule has 3 rings (SSSR count). The number of carboxylic acid groups (broad SMARTS) is 1. The summed E-state index contributed by atoms with van der Waals surface area (Å²) in [7, 11) is 0. The summed E-state index contributed by atoms with van der Waals surface area (Å²) >= 11 is 0. The van der Waals surface area contributed by atoms with Crippen LogP contribution in [0.2, 0.25) is 0 Å². The molecule has 136 valence electrons. The number of hydrogen-bond donors (Lipinski definition) is 1. The van der Waals surface area contributed by atoms with Gasteiger partial charge in [0.05, 0.1) is 13.0 Å². The predicted molar refractivity (Wildman–Crippen MR) is 93.1 cm³/mol. The van der Waals surface area contributed by atoms with Crippen LogP contribution in [0.3, 0.4) is 0 Å². The standard InChI is InChI=1S/C19H26N2O4/c1-2-10-20-11-8-19(9-12-20)21(16(14-25-19)18(23)24)17(22)13-15-6-4-3-5-7-15/h3-7,16H,2,8-14H2,1H3,(H,23,24)/t16-/m1/s1. The molecule has 25 heavy (non-hydrogen) atoms. The first kappa shape index (κ1) is 17.9. The average Bonchev–Trinajstić information content (AvgIpc) is 2.97. The maximum absolute atomic E-state index is 13.0. The van der Waals surface area contributed by atoms with E-state index in [1.807, 2.05) is 30.3 Å². The number of hydrogen-bond acceptors (Lipinski definition) is 4. The number of piperidine rings is 1. The van der Waals surface area contributed by atoms with Crippen molar-refractivity contribution in [3.8, 4) is 0 Å². The minimum absolute atomic E-state index is 0.0731. The highest BCUT2D eigenvalue weighted by atomic mass is 16.5. The van der Waals surface area contributed by atoms with Crippen LogP contribution in [0.1, 0.15) is 31.7 Å². The molecule has 0 radical (unpaired) electrons. The molecule has 0 saturated carbocycles. The van der Waals surface area contributed by atoms with Gasteiger partial charge in [-0.3, -0.25) is 9.69 Å². The Hall–Kier alpha value is -1.92. The Kier molecular flexibility index (Phi) is 5.39. The lowest BCUT2D eigenvalue weighted by atomic mass is 9.96. The van der Waals surface area contributed by atoms with Crippen molar-refractivity contribution < 1.29 is 19.4 Å². The SMILES string of the molecule is CCCN1CCC2(CC1)OC[C@H](C(=O)O)N2C(=O)Cc1ccccc1. The summed E-state index contributed by atoms with van der Waals surface area (Å²) in [6.07, 6.45) is 2.62. The van der Waals surface area contributed by atoms with Crippen molar-refractivity contribution in [2.45, 2.75) is 44.4 Å². The average molecular weight is 346 g/mol. The van der Waals surface area contributed by atoms with Crippen LogP contribution in [-0.4, -0.2) is 64.8 Å². The van der Waals surface area contributed by atoms with Crippen LogP contribution in [-0.2, 0) is 20.7 Å². The Bertz CT molecular complexity index is 611. The zero-order chi connectivity index (χ0) is 17.9. The van der Waals surface area contributed by atoms with Crippen LogP contribution >= 0.6 is 0 Å². The van der Waals surface area contributed by atoms with Gasteiger partial charge in [-0.15, -0.1) is 0 Å². The maximum atomic E-state index is 13.0. The quantitative estimate of drug-likeness (QED) is 0.879. The fraction of sp³-hybridized carbons (Fsp3) is 0.579. The number of nitrogens with zero attached hydrogens (tertiary/aromatic N) is 2. The van der Waals surface area contributed by atoms with Gasteiger partial charge in [0, 0.05) is 25.9 Å². The zero-order valence-corrected chi connectivity index (χ0v) is 14.7. The molecule has 0 bridgehead atoms. The van der Waals surface area contributed by atoms with Gasteiger partial charge in [0.25, 0.3) is 0 Å². The minimum Gasteiger partial charge on any atom is -0.480 e. The normalized spacial score (nSPS) is 23.1. The third kappa shape index (κ3) is 3.70. The van der Waals surface area contributed by atoms with E-state index in [2.05, 4.69) is 11.8 Å². The van der Waals surface area contributed by atoms with Crippen molar-refractivity contribution in [1.82, 2.24) is 9.80 Å². The maximum Gasteiger partial charge on any atom is 0.328 e. The fourth-order valence-electron chi connectivity index (χ4n) is 3.93. The monoisotopic (exact) mass is 346 g/mol. The molecule has 1 atom stereocenters. The molecule has 2 aliphatic heterocycles. The Morgan fingerprint density at radius 3 is 2.52 bits per heavy atom. The number of ether oxygens (including phenoxy) is 1. The van der Waals surface area contributed by atoms with Crippen LogP contribution < -0.4 is 0 Å². The fourth-order valence-corrected chi connectivity index (χ4v) is 3.93. The number of aliphatic carboxylic acids is 1. The van der Waals surface area contributed by atoms with Crippen LogP contribution in [0.5, 0.6) is 0 Å². The van der Waals surface area contributed by atoms with Gasteiger partial charge < -0.3 is 14.7 Å². The highest BCUT2D eigenvalue weighted by molar-refractivity contribution is 5.86. The van der Waals surface area contributed by atoms with E-state index < -0.39 is 17.7 Å². The summed E-state index contributed by atoms with van der Waals surface area (Å²) < 4.78 is 5.95. The molecule has 0 aromatic heterocycles. The third-order valence-corrected chi connectivity index (χ3v) is 5.19. The summed E-state index contributed by atoms with van der Waals surface area (Å²) in [5.74, 6) is -1.16. The van der Waals surface area contributed by atoms with E-state index in [1.165, 1.54) is 4.90 Å². The second kappa shape index (κ2) is 7.54. The van der Waals surface area contributed by atoms with Crippen LogP contribution in [0.25, 0.3) is 0 Å². The van der Waals surface area contributed by atoms with Crippen molar-refractivity contribution in [3.05, 3.63) is 35.9 Å². The third-order valence-electron chi connectivity index (χ3n) is 5.19. The summed E-state index contributed by atoms with van der Waals surface area (Å²) in [5.41, 5.74) is 0.126. The molecule has 2 fully saturated rings. The molecule has 2 heterocycles. The Balaban J connectivity index is 1.78. The van der Waals surface area contributed by atoms with Gasteiger partial charge in [0.1, 0.15) is 5.72 Å². The molecular formula is C19H26N2O4. The number of benzene rings is 1. The lowest BCUT2D eigenvalue weighted by Gasteiger charge is -2.44. The Labute approximate surface area is 148 Å². The van der Waals surface area contributed by atoms with Gasteiger partial charge in [-0.25, -0.2) is 4.79 Å². The molecule has 2 aliphatic rings. The van der Waals surface area contributed by atoms with Crippen molar-refractivity contribution in [3.63, 3.8) is 0 Å². The summed E-state index contributed by atoms with van der Waals surface area (Å²) in [5, 5.41) is 9.56. The smallest absolute Gasteiger partial charge is 0.328 e. The molecule has 1 spiro atoms. The van der Waals surface area contributed by atoms with E-state index in [-0.39, 0.29) is 18.9 Å². The van der Waals surface area contributed by atoms with Crippen LogP contribution in [0.4, 0.5) is 0 Å². The summed E-state index contributed by atoms with van der Waals surface area (Å²) in [6, 6.07) is 8.56. The molecule has 2 saturated heterocycles. The van der Waals surface area contributed by atoms with Crippen molar-refractivity contribution >= 4 is 11.9 Å². The van der Waals surface area contributed by atoms with Gasteiger partial charge >= 0.3 is 5.97 Å². The zero-order valence-electron chi connectivity index (χ0n) is 14.7. The molecule has 0 aliphatic carbocycles. The highest BCUT2D eigenvalue weighted by Crippen LogP contribution is 2.37. The van der Waals surface area contributed by atoms with Gasteiger partial charge in [0.15, 0.2) is 6.04 Å². The molecule has 1 amide bonds. The predicted octanol–water partition coefficient (Wildman–Crippen LogP) is 1.74. The van der Waals surface area contributed by atoms with E-state index in [1.54, 1.807) is 0 Å². The van der Waals surface area contributed by atoms with E-state index in [0.29, 0.717) is 12.8 Å². The van der Waals surface area contributed by atoms with E-state index in [4.69, 9.17) is 4.74 Å². The topological polar surface area (TPSA) is 70.1 Å². The summed E-state index contributed by atoms with van der Waals surface area (Å²) in [4.78, 5) is 28.5. The largest absolute Gasteiger partial charge is 0.480 e. The minimum atomic E-state index is -0.991. The second-order valence-electron chi connectivity index (χ2n) is 6.88. The number of rotatable bonds is 5. The van der Waals surface area contributed by atoms with Crippen molar-refractivity contribution in [2.24, 2.45) is 0 Å². The number of likely N-dealkylation sites (tertiary alicyclic amines) is 1. The molecule has 6 nitrogen and oxygen atoms in total. The Morgan fingerprint density at radius 1 is 1.24 bits per heavy atom. The first-order chi connectivity index (χ1) is 12.1. The first-order valence-electron chi connectivity index (χ1n) is 9.01. The number of carboxylic acids is 1. The van der Waals surface area contributed by atoms with Gasteiger partial charge in [0.2, 0.25) is 5.91 Å². The van der Waals surface area contributed by atoms with Crippen molar-refractivity contribution in [1.29, 1.82) is 0 Å².